The van der Waals surface area contributed by atoms with Crippen molar-refractivity contribution in [3.05, 3.63) is 93.9 Å². The van der Waals surface area contributed by atoms with E-state index in [1.54, 1.807) is 21.8 Å². The van der Waals surface area contributed by atoms with Crippen molar-refractivity contribution in [2.75, 3.05) is 0 Å². The van der Waals surface area contributed by atoms with Crippen LogP contribution in [0.25, 0.3) is 16.6 Å². The number of nitrogens with zero attached hydrogens (tertiary/aromatic N) is 3. The van der Waals surface area contributed by atoms with Crippen LogP contribution in [0, 0.1) is 19.8 Å². The summed E-state index contributed by atoms with van der Waals surface area (Å²) in [5.41, 5.74) is 3.33. The molecule has 2 aromatic carbocycles. The van der Waals surface area contributed by atoms with Crippen LogP contribution in [0.5, 0.6) is 0 Å². The molecule has 1 amide bonds. The highest BCUT2D eigenvalue weighted by molar-refractivity contribution is 5.79. The maximum Gasteiger partial charge on any atom is 0.266 e. The zero-order valence-electron chi connectivity index (χ0n) is 20.4. The highest BCUT2D eigenvalue weighted by atomic mass is 16.3. The van der Waals surface area contributed by atoms with Gasteiger partial charge in [0.2, 0.25) is 5.91 Å². The minimum absolute atomic E-state index is 0.00603. The average Bonchev–Trinajstić information content (AvgIpc) is 3.30. The lowest BCUT2D eigenvalue weighted by Gasteiger charge is -2.31. The van der Waals surface area contributed by atoms with Gasteiger partial charge >= 0.3 is 0 Å². The number of furan rings is 1. The van der Waals surface area contributed by atoms with Crippen LogP contribution in [0.1, 0.15) is 55.9 Å². The van der Waals surface area contributed by atoms with Crippen LogP contribution in [0.4, 0.5) is 0 Å². The first kappa shape index (κ1) is 23.5. The van der Waals surface area contributed by atoms with Gasteiger partial charge < -0.3 is 9.32 Å². The number of benzene rings is 2. The molecule has 0 N–H and O–H groups in total. The molecule has 0 aliphatic heterocycles. The number of hydrogen-bond acceptors (Lipinski definition) is 4. The molecule has 0 saturated heterocycles. The van der Waals surface area contributed by atoms with Crippen LogP contribution in [-0.4, -0.2) is 20.4 Å². The van der Waals surface area contributed by atoms with Crippen LogP contribution >= 0.6 is 0 Å². The molecule has 34 heavy (non-hydrogen) atoms. The zero-order chi connectivity index (χ0) is 24.4. The summed E-state index contributed by atoms with van der Waals surface area (Å²) >= 11 is 0. The SMILES string of the molecule is Cc1ccc(-n2c(C(C)N(Cc3ccco3)C(=O)CC(C)C)nc3ccccc3c2=O)c(C)c1. The van der Waals surface area contributed by atoms with E-state index in [-0.39, 0.29) is 17.4 Å². The number of carbonyl (C=O) groups excluding carboxylic acids is 1. The molecule has 0 bridgehead atoms. The standard InChI is InChI=1S/C28H31N3O3/c1-18(2)15-26(32)30(17-22-9-8-14-34-22)21(5)27-29-24-11-7-6-10-23(24)28(33)31(27)25-13-12-19(3)16-20(25)4/h6-14,16,18,21H,15,17H2,1-5H3. The van der Waals surface area contributed by atoms with Crippen molar-refractivity contribution in [2.24, 2.45) is 5.92 Å². The molecule has 1 atom stereocenters. The van der Waals surface area contributed by atoms with E-state index in [1.807, 2.05) is 77.1 Å². The molecule has 0 radical (unpaired) electrons. The second kappa shape index (κ2) is 9.67. The molecule has 0 aliphatic carbocycles. The summed E-state index contributed by atoms with van der Waals surface area (Å²) < 4.78 is 7.23. The molecule has 4 rings (SSSR count). The third kappa shape index (κ3) is 4.67. The topological polar surface area (TPSA) is 68.3 Å². The van der Waals surface area contributed by atoms with E-state index in [9.17, 15) is 9.59 Å². The van der Waals surface area contributed by atoms with Crippen molar-refractivity contribution in [2.45, 2.75) is 53.6 Å². The minimum Gasteiger partial charge on any atom is -0.467 e. The minimum atomic E-state index is -0.464. The predicted molar refractivity (Wildman–Crippen MR) is 134 cm³/mol. The summed E-state index contributed by atoms with van der Waals surface area (Å²) in [5.74, 6) is 1.41. The Morgan fingerprint density at radius 2 is 1.82 bits per heavy atom. The molecule has 6 nitrogen and oxygen atoms in total. The molecule has 1 unspecified atom stereocenters. The monoisotopic (exact) mass is 457 g/mol. The quantitative estimate of drug-likeness (QED) is 0.355. The van der Waals surface area contributed by atoms with E-state index in [0.717, 1.165) is 16.8 Å². The fourth-order valence-corrected chi connectivity index (χ4v) is 4.34. The van der Waals surface area contributed by atoms with E-state index in [1.165, 1.54) is 0 Å². The van der Waals surface area contributed by atoms with Crippen LogP contribution < -0.4 is 5.56 Å². The summed E-state index contributed by atoms with van der Waals surface area (Å²) in [7, 11) is 0. The van der Waals surface area contributed by atoms with Gasteiger partial charge in [-0.2, -0.15) is 0 Å². The van der Waals surface area contributed by atoms with Gasteiger partial charge in [-0.15, -0.1) is 0 Å². The third-order valence-electron chi connectivity index (χ3n) is 6.05. The largest absolute Gasteiger partial charge is 0.467 e. The van der Waals surface area contributed by atoms with Crippen molar-refractivity contribution in [1.82, 2.24) is 14.5 Å². The number of aromatic nitrogens is 2. The van der Waals surface area contributed by atoms with Crippen molar-refractivity contribution in [3.63, 3.8) is 0 Å². The first-order chi connectivity index (χ1) is 16.3. The van der Waals surface area contributed by atoms with Gasteiger partial charge in [-0.3, -0.25) is 14.2 Å². The smallest absolute Gasteiger partial charge is 0.266 e. The zero-order valence-corrected chi connectivity index (χ0v) is 20.4. The molecule has 0 fully saturated rings. The van der Waals surface area contributed by atoms with Gasteiger partial charge in [-0.25, -0.2) is 4.98 Å². The van der Waals surface area contributed by atoms with Gasteiger partial charge in [0.15, 0.2) is 0 Å². The number of amides is 1. The Kier molecular flexibility index (Phi) is 6.68. The highest BCUT2D eigenvalue weighted by Gasteiger charge is 2.28. The average molecular weight is 458 g/mol. The lowest BCUT2D eigenvalue weighted by atomic mass is 10.1. The van der Waals surface area contributed by atoms with E-state index < -0.39 is 6.04 Å². The molecule has 2 heterocycles. The Morgan fingerprint density at radius 1 is 1.06 bits per heavy atom. The molecule has 4 aromatic rings. The maximum absolute atomic E-state index is 13.8. The Labute approximate surface area is 199 Å². The number of hydrogen-bond donors (Lipinski definition) is 0. The maximum atomic E-state index is 13.8. The second-order valence-electron chi connectivity index (χ2n) is 9.29. The van der Waals surface area contributed by atoms with Crippen molar-refractivity contribution in [3.8, 4) is 5.69 Å². The van der Waals surface area contributed by atoms with Gasteiger partial charge in [0, 0.05) is 6.42 Å². The van der Waals surface area contributed by atoms with Crippen LogP contribution in [0.3, 0.4) is 0 Å². The number of rotatable bonds is 7. The van der Waals surface area contributed by atoms with Gasteiger partial charge in [0.05, 0.1) is 35.4 Å². The summed E-state index contributed by atoms with van der Waals surface area (Å²) in [4.78, 5) is 33.8. The first-order valence-corrected chi connectivity index (χ1v) is 11.7. The van der Waals surface area contributed by atoms with E-state index in [0.29, 0.717) is 35.5 Å². The van der Waals surface area contributed by atoms with Crippen LogP contribution in [0.2, 0.25) is 0 Å². The lowest BCUT2D eigenvalue weighted by molar-refractivity contribution is -0.135. The summed E-state index contributed by atoms with van der Waals surface area (Å²) in [6.45, 7) is 10.3. The van der Waals surface area contributed by atoms with Crippen molar-refractivity contribution in [1.29, 1.82) is 0 Å². The van der Waals surface area contributed by atoms with Crippen LogP contribution in [-0.2, 0) is 11.3 Å². The first-order valence-electron chi connectivity index (χ1n) is 11.7. The van der Waals surface area contributed by atoms with Crippen LogP contribution in [0.15, 0.2) is 70.1 Å². The molecule has 0 aliphatic rings. The van der Waals surface area contributed by atoms with E-state index in [4.69, 9.17) is 9.40 Å². The fraction of sp³-hybridized carbons (Fsp3) is 0.321. The summed E-state index contributed by atoms with van der Waals surface area (Å²) in [6, 6.07) is 16.5. The normalized spacial score (nSPS) is 12.3. The molecule has 0 saturated carbocycles. The van der Waals surface area contributed by atoms with Gasteiger partial charge in [-0.05, 0) is 62.6 Å². The fourth-order valence-electron chi connectivity index (χ4n) is 4.34. The number of aryl methyl sites for hydroxylation is 2. The Hall–Kier alpha value is -3.67. The van der Waals surface area contributed by atoms with Crippen molar-refractivity contribution < 1.29 is 9.21 Å². The number of para-hydroxylation sites is 1. The highest BCUT2D eigenvalue weighted by Crippen LogP contribution is 2.27. The van der Waals surface area contributed by atoms with Crippen molar-refractivity contribution >= 4 is 16.8 Å². The summed E-state index contributed by atoms with van der Waals surface area (Å²) in [6.07, 6.45) is 2.00. The van der Waals surface area contributed by atoms with E-state index in [2.05, 4.69) is 6.07 Å². The Balaban J connectivity index is 1.93. The molecule has 2 aromatic heterocycles. The Morgan fingerprint density at radius 3 is 2.50 bits per heavy atom. The Bertz CT molecular complexity index is 1370. The summed E-state index contributed by atoms with van der Waals surface area (Å²) in [5, 5.41) is 0.546. The third-order valence-corrected chi connectivity index (χ3v) is 6.05. The van der Waals surface area contributed by atoms with Gasteiger partial charge in [0.25, 0.3) is 5.56 Å². The second-order valence-corrected chi connectivity index (χ2v) is 9.29. The lowest BCUT2D eigenvalue weighted by Crippen LogP contribution is -2.37. The molecule has 0 spiro atoms. The molecular formula is C28H31N3O3. The van der Waals surface area contributed by atoms with Gasteiger partial charge in [-0.1, -0.05) is 43.7 Å². The molecule has 176 valence electrons. The predicted octanol–water partition coefficient (Wildman–Crippen LogP) is 5.73. The van der Waals surface area contributed by atoms with Gasteiger partial charge in [0.1, 0.15) is 11.6 Å². The molecular weight excluding hydrogens is 426 g/mol. The number of fused-ring (bicyclic) bond motifs is 1. The van der Waals surface area contributed by atoms with E-state index >= 15 is 0 Å². The molecule has 6 heteroatoms. The number of carbonyl (C=O) groups is 1.